The fourth-order valence-electron chi connectivity index (χ4n) is 1.05. The van der Waals surface area contributed by atoms with E-state index in [1.165, 1.54) is 13.2 Å². The van der Waals surface area contributed by atoms with Crippen LogP contribution >= 0.6 is 0 Å². The number of ether oxygens (including phenoxy) is 1. The van der Waals surface area contributed by atoms with E-state index < -0.39 is 4.92 Å². The zero-order valence-electron chi connectivity index (χ0n) is 7.77. The number of methoxy groups -OCH3 is 1. The van der Waals surface area contributed by atoms with Crippen LogP contribution < -0.4 is 10.5 Å². The van der Waals surface area contributed by atoms with Crippen LogP contribution in [-0.4, -0.2) is 23.6 Å². The van der Waals surface area contributed by atoms with E-state index in [4.69, 9.17) is 10.5 Å². The quantitative estimate of drug-likeness (QED) is 0.560. The van der Waals surface area contributed by atoms with Gasteiger partial charge in [-0.25, -0.2) is 0 Å². The summed E-state index contributed by atoms with van der Waals surface area (Å²) in [5.74, 6) is 0.0236. The zero-order chi connectivity index (χ0) is 10.6. The van der Waals surface area contributed by atoms with Crippen LogP contribution in [0.1, 0.15) is 5.56 Å². The molecular weight excluding hydrogens is 186 g/mol. The highest BCUT2D eigenvalue weighted by atomic mass is 16.6. The first-order valence-electron chi connectivity index (χ1n) is 4.06. The van der Waals surface area contributed by atoms with E-state index in [2.05, 4.69) is 4.98 Å². The minimum absolute atomic E-state index is 0.215. The Labute approximate surface area is 80.9 Å². The first kappa shape index (κ1) is 10.4. The second kappa shape index (κ2) is 4.52. The van der Waals surface area contributed by atoms with Crippen molar-refractivity contribution in [1.82, 2.24) is 4.98 Å². The predicted molar refractivity (Wildman–Crippen MR) is 50.2 cm³/mol. The molecule has 0 radical (unpaired) electrons. The van der Waals surface area contributed by atoms with Crippen molar-refractivity contribution in [2.45, 2.75) is 6.42 Å². The molecule has 14 heavy (non-hydrogen) atoms. The molecule has 0 aliphatic carbocycles. The van der Waals surface area contributed by atoms with Gasteiger partial charge < -0.3 is 20.6 Å². The van der Waals surface area contributed by atoms with E-state index in [-0.39, 0.29) is 11.7 Å². The molecule has 0 aliphatic heterocycles. The van der Waals surface area contributed by atoms with Gasteiger partial charge in [-0.3, -0.25) is 0 Å². The molecule has 0 saturated heterocycles. The summed E-state index contributed by atoms with van der Waals surface area (Å²) in [6.45, 7) is 0.435. The van der Waals surface area contributed by atoms with Crippen LogP contribution in [0.5, 0.6) is 5.88 Å². The molecule has 0 unspecified atom stereocenters. The summed E-state index contributed by atoms with van der Waals surface area (Å²) < 4.78 is 4.84. The van der Waals surface area contributed by atoms with Crippen molar-refractivity contribution < 1.29 is 9.66 Å². The Bertz CT molecular complexity index is 341. The van der Waals surface area contributed by atoms with Crippen molar-refractivity contribution in [3.63, 3.8) is 0 Å². The van der Waals surface area contributed by atoms with Gasteiger partial charge in [-0.05, 0) is 23.5 Å². The standard InChI is InChI=1S/C8H11N3O3/c1-14-8-5-6(2-3-9)4-7(10-8)11(12)13/h4-5H,2-3,9H2,1H3. The fourth-order valence-corrected chi connectivity index (χ4v) is 1.05. The monoisotopic (exact) mass is 197 g/mol. The lowest BCUT2D eigenvalue weighted by Gasteiger charge is -2.00. The van der Waals surface area contributed by atoms with Crippen molar-refractivity contribution in [3.8, 4) is 5.88 Å². The molecule has 1 heterocycles. The molecule has 6 heteroatoms. The molecule has 0 aliphatic rings. The molecular formula is C8H11N3O3. The van der Waals surface area contributed by atoms with Crippen molar-refractivity contribution in [3.05, 3.63) is 27.8 Å². The molecule has 0 bridgehead atoms. The third-order valence-electron chi connectivity index (χ3n) is 1.68. The third kappa shape index (κ3) is 2.40. The molecule has 1 aromatic heterocycles. The Balaban J connectivity index is 3.06. The van der Waals surface area contributed by atoms with Gasteiger partial charge in [0.25, 0.3) is 0 Å². The van der Waals surface area contributed by atoms with E-state index in [0.717, 1.165) is 5.56 Å². The second-order valence-electron chi connectivity index (χ2n) is 2.67. The smallest absolute Gasteiger partial charge is 0.368 e. The first-order valence-corrected chi connectivity index (χ1v) is 4.06. The minimum Gasteiger partial charge on any atom is -0.463 e. The molecule has 0 fully saturated rings. The van der Waals surface area contributed by atoms with E-state index >= 15 is 0 Å². The normalized spacial score (nSPS) is 9.86. The molecule has 2 N–H and O–H groups in total. The van der Waals surface area contributed by atoms with E-state index in [1.807, 2.05) is 0 Å². The Morgan fingerprint density at radius 1 is 1.64 bits per heavy atom. The number of aromatic nitrogens is 1. The number of hydrogen-bond donors (Lipinski definition) is 1. The van der Waals surface area contributed by atoms with Crippen LogP contribution in [0, 0.1) is 10.1 Å². The molecule has 0 aromatic carbocycles. The highest BCUT2D eigenvalue weighted by Crippen LogP contribution is 2.17. The van der Waals surface area contributed by atoms with E-state index in [0.29, 0.717) is 13.0 Å². The van der Waals surface area contributed by atoms with Crippen molar-refractivity contribution in [2.24, 2.45) is 5.73 Å². The second-order valence-corrected chi connectivity index (χ2v) is 2.67. The van der Waals surface area contributed by atoms with Gasteiger partial charge in [0, 0.05) is 17.1 Å². The average Bonchev–Trinajstić information content (AvgIpc) is 2.17. The van der Waals surface area contributed by atoms with Gasteiger partial charge in [-0.2, -0.15) is 0 Å². The maximum atomic E-state index is 10.5. The van der Waals surface area contributed by atoms with Crippen LogP contribution in [0.15, 0.2) is 12.1 Å². The lowest BCUT2D eigenvalue weighted by atomic mass is 10.2. The SMILES string of the molecule is COc1cc(CCN)cc([N+](=O)[O-])n1. The fraction of sp³-hybridized carbons (Fsp3) is 0.375. The molecule has 1 rings (SSSR count). The summed E-state index contributed by atoms with van der Waals surface area (Å²) in [5, 5.41) is 10.5. The van der Waals surface area contributed by atoms with Gasteiger partial charge in [0.1, 0.15) is 0 Å². The average molecular weight is 197 g/mol. The van der Waals surface area contributed by atoms with Crippen LogP contribution in [0.2, 0.25) is 0 Å². The topological polar surface area (TPSA) is 91.3 Å². The number of hydrogen-bond acceptors (Lipinski definition) is 5. The summed E-state index contributed by atoms with van der Waals surface area (Å²) in [6, 6.07) is 3.04. The molecule has 0 atom stereocenters. The maximum Gasteiger partial charge on any atom is 0.368 e. The number of pyridine rings is 1. The highest BCUT2D eigenvalue weighted by molar-refractivity contribution is 5.32. The van der Waals surface area contributed by atoms with Gasteiger partial charge in [0.2, 0.25) is 0 Å². The van der Waals surface area contributed by atoms with Crippen molar-refractivity contribution in [2.75, 3.05) is 13.7 Å². The molecule has 6 nitrogen and oxygen atoms in total. The molecule has 1 aromatic rings. The van der Waals surface area contributed by atoms with Crippen LogP contribution in [-0.2, 0) is 6.42 Å². The van der Waals surface area contributed by atoms with E-state index in [9.17, 15) is 10.1 Å². The Morgan fingerprint density at radius 2 is 2.36 bits per heavy atom. The van der Waals surface area contributed by atoms with Gasteiger partial charge in [0.15, 0.2) is 0 Å². The van der Waals surface area contributed by atoms with Gasteiger partial charge >= 0.3 is 11.7 Å². The summed E-state index contributed by atoms with van der Waals surface area (Å²) in [7, 11) is 1.41. The summed E-state index contributed by atoms with van der Waals surface area (Å²) in [5.41, 5.74) is 6.10. The van der Waals surface area contributed by atoms with Gasteiger partial charge in [-0.15, -0.1) is 0 Å². The largest absolute Gasteiger partial charge is 0.463 e. The van der Waals surface area contributed by atoms with Crippen molar-refractivity contribution >= 4 is 5.82 Å². The Hall–Kier alpha value is -1.69. The number of nitrogens with two attached hydrogens (primary N) is 1. The summed E-state index contributed by atoms with van der Waals surface area (Å²) >= 11 is 0. The van der Waals surface area contributed by atoms with E-state index in [1.54, 1.807) is 6.07 Å². The third-order valence-corrected chi connectivity index (χ3v) is 1.68. The maximum absolute atomic E-state index is 10.5. The zero-order valence-corrected chi connectivity index (χ0v) is 7.77. The Morgan fingerprint density at radius 3 is 2.86 bits per heavy atom. The van der Waals surface area contributed by atoms with Crippen LogP contribution in [0.3, 0.4) is 0 Å². The summed E-state index contributed by atoms with van der Waals surface area (Å²) in [6.07, 6.45) is 0.569. The molecule has 0 amide bonds. The summed E-state index contributed by atoms with van der Waals surface area (Å²) in [4.78, 5) is 13.6. The first-order chi connectivity index (χ1) is 6.67. The molecule has 0 saturated carbocycles. The number of rotatable bonds is 4. The lowest BCUT2D eigenvalue weighted by Crippen LogP contribution is -2.04. The Kier molecular flexibility index (Phi) is 3.35. The number of nitro groups is 1. The molecule has 76 valence electrons. The van der Waals surface area contributed by atoms with Crippen molar-refractivity contribution in [1.29, 1.82) is 0 Å². The van der Waals surface area contributed by atoms with Crippen LogP contribution in [0.4, 0.5) is 5.82 Å². The highest BCUT2D eigenvalue weighted by Gasteiger charge is 2.12. The predicted octanol–water partition coefficient (Wildman–Crippen LogP) is 0.500. The number of nitrogens with zero attached hydrogens (tertiary/aromatic N) is 2. The minimum atomic E-state index is -0.553. The van der Waals surface area contributed by atoms with Gasteiger partial charge in [0.05, 0.1) is 7.11 Å². The van der Waals surface area contributed by atoms with Gasteiger partial charge in [-0.1, -0.05) is 0 Å². The lowest BCUT2D eigenvalue weighted by molar-refractivity contribution is -0.389. The molecule has 0 spiro atoms. The van der Waals surface area contributed by atoms with Crippen LogP contribution in [0.25, 0.3) is 0 Å².